The van der Waals surface area contributed by atoms with Gasteiger partial charge >= 0.3 is 0 Å². The average Bonchev–Trinajstić information content (AvgIpc) is 3.29. The molecule has 0 spiro atoms. The van der Waals surface area contributed by atoms with Crippen LogP contribution >= 0.6 is 0 Å². The van der Waals surface area contributed by atoms with Gasteiger partial charge in [-0.1, -0.05) is 26.0 Å². The smallest absolute Gasteiger partial charge is 0.268 e. The van der Waals surface area contributed by atoms with Crippen LogP contribution in [0.4, 0.5) is 0 Å². The number of aromatic nitrogens is 3. The first-order chi connectivity index (χ1) is 14.5. The summed E-state index contributed by atoms with van der Waals surface area (Å²) in [6.07, 6.45) is 7.04. The first-order valence-corrected chi connectivity index (χ1v) is 10.6. The number of rotatable bonds is 4. The van der Waals surface area contributed by atoms with Crippen LogP contribution in [0.15, 0.2) is 53.7 Å². The summed E-state index contributed by atoms with van der Waals surface area (Å²) >= 11 is 0. The fourth-order valence-corrected chi connectivity index (χ4v) is 4.14. The minimum absolute atomic E-state index is 0.176. The van der Waals surface area contributed by atoms with Crippen molar-refractivity contribution in [3.05, 3.63) is 81.8 Å². The summed E-state index contributed by atoms with van der Waals surface area (Å²) in [7, 11) is 0. The molecule has 3 heterocycles. The van der Waals surface area contributed by atoms with E-state index in [1.54, 1.807) is 21.9 Å². The molecule has 1 amide bonds. The number of likely N-dealkylation sites (tertiary alicyclic amines) is 1. The van der Waals surface area contributed by atoms with Gasteiger partial charge < -0.3 is 9.88 Å². The lowest BCUT2D eigenvalue weighted by Crippen LogP contribution is -2.41. The standard InChI is InChI=1S/C24H28N4O2/c1-16(2)19-5-4-6-20(15-19)28-14-7-17(3)21(24(28)30)23(29)27-12-8-18(9-13-27)22-25-10-11-26-22/h4-7,10-11,14-16,18H,8-9,12-13H2,1-3H3,(H,25,26). The highest BCUT2D eigenvalue weighted by molar-refractivity contribution is 5.95. The third-order valence-corrected chi connectivity index (χ3v) is 6.02. The Morgan fingerprint density at radius 3 is 2.63 bits per heavy atom. The number of carbonyl (C=O) groups is 1. The molecule has 1 aliphatic heterocycles. The maximum atomic E-state index is 13.3. The van der Waals surface area contributed by atoms with Gasteiger partial charge in [-0.2, -0.15) is 0 Å². The predicted molar refractivity (Wildman–Crippen MR) is 117 cm³/mol. The minimum Gasteiger partial charge on any atom is -0.348 e. The van der Waals surface area contributed by atoms with Crippen LogP contribution < -0.4 is 5.56 Å². The van der Waals surface area contributed by atoms with Gasteiger partial charge in [0.1, 0.15) is 11.4 Å². The molecule has 30 heavy (non-hydrogen) atoms. The minimum atomic E-state index is -0.255. The number of H-pyrrole nitrogens is 1. The van der Waals surface area contributed by atoms with E-state index in [2.05, 4.69) is 29.9 Å². The van der Waals surface area contributed by atoms with E-state index in [-0.39, 0.29) is 17.0 Å². The summed E-state index contributed by atoms with van der Waals surface area (Å²) in [6, 6.07) is 9.79. The third kappa shape index (κ3) is 3.82. The van der Waals surface area contributed by atoms with E-state index < -0.39 is 0 Å². The van der Waals surface area contributed by atoms with Crippen molar-refractivity contribution in [3.8, 4) is 5.69 Å². The maximum Gasteiger partial charge on any atom is 0.268 e. The lowest BCUT2D eigenvalue weighted by Gasteiger charge is -2.31. The van der Waals surface area contributed by atoms with Crippen LogP contribution in [-0.4, -0.2) is 38.4 Å². The molecule has 2 aromatic heterocycles. The van der Waals surface area contributed by atoms with Crippen molar-refractivity contribution in [2.24, 2.45) is 0 Å². The van der Waals surface area contributed by atoms with Crippen molar-refractivity contribution in [2.45, 2.75) is 45.4 Å². The number of hydrogen-bond donors (Lipinski definition) is 1. The largest absolute Gasteiger partial charge is 0.348 e. The highest BCUT2D eigenvalue weighted by atomic mass is 16.2. The maximum absolute atomic E-state index is 13.3. The zero-order chi connectivity index (χ0) is 21.3. The van der Waals surface area contributed by atoms with Crippen LogP contribution in [0.1, 0.15) is 65.8 Å². The molecule has 1 aromatic carbocycles. The SMILES string of the molecule is Cc1ccn(-c2cccc(C(C)C)c2)c(=O)c1C(=O)N1CCC(c2ncc[nH]2)CC1. The zero-order valence-electron chi connectivity index (χ0n) is 17.8. The first kappa shape index (κ1) is 20.1. The third-order valence-electron chi connectivity index (χ3n) is 6.02. The number of nitrogens with one attached hydrogen (secondary N) is 1. The Morgan fingerprint density at radius 2 is 1.97 bits per heavy atom. The summed E-state index contributed by atoms with van der Waals surface area (Å²) in [6.45, 7) is 7.33. The Labute approximate surface area is 176 Å². The van der Waals surface area contributed by atoms with Crippen molar-refractivity contribution in [2.75, 3.05) is 13.1 Å². The second kappa shape index (κ2) is 8.30. The van der Waals surface area contributed by atoms with Crippen molar-refractivity contribution < 1.29 is 4.79 Å². The number of aryl methyl sites for hydroxylation is 1. The van der Waals surface area contributed by atoms with Gasteiger partial charge in [0, 0.05) is 43.3 Å². The predicted octanol–water partition coefficient (Wildman–Crippen LogP) is 4.01. The normalized spacial score (nSPS) is 15.0. The summed E-state index contributed by atoms with van der Waals surface area (Å²) in [5, 5.41) is 0. The Kier molecular flexibility index (Phi) is 5.57. The van der Waals surface area contributed by atoms with E-state index in [1.165, 1.54) is 0 Å². The van der Waals surface area contributed by atoms with Crippen LogP contribution in [0, 0.1) is 6.92 Å². The van der Waals surface area contributed by atoms with Crippen molar-refractivity contribution in [1.29, 1.82) is 0 Å². The van der Waals surface area contributed by atoms with Gasteiger partial charge in [-0.05, 0) is 55.0 Å². The number of aromatic amines is 1. The van der Waals surface area contributed by atoms with E-state index >= 15 is 0 Å². The van der Waals surface area contributed by atoms with Gasteiger partial charge in [-0.25, -0.2) is 4.98 Å². The van der Waals surface area contributed by atoms with Crippen LogP contribution in [0.3, 0.4) is 0 Å². The number of piperidine rings is 1. The summed E-state index contributed by atoms with van der Waals surface area (Å²) < 4.78 is 1.59. The molecule has 1 saturated heterocycles. The Hall–Kier alpha value is -3.15. The van der Waals surface area contributed by atoms with Crippen molar-refractivity contribution in [1.82, 2.24) is 19.4 Å². The average molecular weight is 405 g/mol. The molecule has 0 bridgehead atoms. The molecular formula is C24H28N4O2. The highest BCUT2D eigenvalue weighted by Gasteiger charge is 2.28. The van der Waals surface area contributed by atoms with E-state index in [0.29, 0.717) is 24.9 Å². The van der Waals surface area contributed by atoms with Crippen molar-refractivity contribution >= 4 is 5.91 Å². The van der Waals surface area contributed by atoms with E-state index in [4.69, 9.17) is 0 Å². The van der Waals surface area contributed by atoms with Crippen LogP contribution in [0.25, 0.3) is 5.69 Å². The van der Waals surface area contributed by atoms with Gasteiger partial charge in [-0.3, -0.25) is 14.2 Å². The van der Waals surface area contributed by atoms with Gasteiger partial charge in [-0.15, -0.1) is 0 Å². The molecule has 6 nitrogen and oxygen atoms in total. The quantitative estimate of drug-likeness (QED) is 0.714. The fraction of sp³-hybridized carbons (Fsp3) is 0.375. The van der Waals surface area contributed by atoms with Gasteiger partial charge in [0.2, 0.25) is 0 Å². The molecule has 0 aliphatic carbocycles. The molecule has 0 atom stereocenters. The second-order valence-corrected chi connectivity index (χ2v) is 8.34. The zero-order valence-corrected chi connectivity index (χ0v) is 17.8. The monoisotopic (exact) mass is 404 g/mol. The number of pyridine rings is 1. The first-order valence-electron chi connectivity index (χ1n) is 10.6. The number of nitrogens with zero attached hydrogens (tertiary/aromatic N) is 3. The van der Waals surface area contributed by atoms with Gasteiger partial charge in [0.25, 0.3) is 11.5 Å². The Morgan fingerprint density at radius 1 is 1.20 bits per heavy atom. The van der Waals surface area contributed by atoms with Crippen LogP contribution in [0.5, 0.6) is 0 Å². The lowest BCUT2D eigenvalue weighted by atomic mass is 9.95. The lowest BCUT2D eigenvalue weighted by molar-refractivity contribution is 0.0708. The molecule has 1 N–H and O–H groups in total. The van der Waals surface area contributed by atoms with Gasteiger partial charge in [0.05, 0.1) is 0 Å². The number of amides is 1. The van der Waals surface area contributed by atoms with Crippen LogP contribution in [0.2, 0.25) is 0 Å². The van der Waals surface area contributed by atoms with Gasteiger partial charge in [0.15, 0.2) is 0 Å². The molecule has 1 aliphatic rings. The summed E-state index contributed by atoms with van der Waals surface area (Å²) in [5.74, 6) is 1.49. The molecule has 0 unspecified atom stereocenters. The fourth-order valence-electron chi connectivity index (χ4n) is 4.14. The number of carbonyl (C=O) groups excluding carboxylic acids is 1. The number of hydrogen-bond acceptors (Lipinski definition) is 3. The van der Waals surface area contributed by atoms with E-state index in [0.717, 1.165) is 35.5 Å². The van der Waals surface area contributed by atoms with Crippen molar-refractivity contribution in [3.63, 3.8) is 0 Å². The molecule has 0 saturated carbocycles. The Balaban J connectivity index is 1.60. The Bertz CT molecular complexity index is 1090. The molecular weight excluding hydrogens is 376 g/mol. The number of imidazole rings is 1. The van der Waals surface area contributed by atoms with E-state index in [9.17, 15) is 9.59 Å². The highest BCUT2D eigenvalue weighted by Crippen LogP contribution is 2.26. The molecule has 6 heteroatoms. The topological polar surface area (TPSA) is 71.0 Å². The molecule has 0 radical (unpaired) electrons. The number of benzene rings is 1. The molecule has 156 valence electrons. The summed E-state index contributed by atoms with van der Waals surface area (Å²) in [5.41, 5.74) is 2.68. The molecule has 3 aromatic rings. The second-order valence-electron chi connectivity index (χ2n) is 8.34. The summed E-state index contributed by atoms with van der Waals surface area (Å²) in [4.78, 5) is 35.9. The molecule has 1 fully saturated rings. The van der Waals surface area contributed by atoms with E-state index in [1.807, 2.05) is 37.4 Å². The molecule has 4 rings (SSSR count). The van der Waals surface area contributed by atoms with Crippen LogP contribution in [-0.2, 0) is 0 Å².